The summed E-state index contributed by atoms with van der Waals surface area (Å²) in [6.45, 7) is 4.90. The second-order valence-electron chi connectivity index (χ2n) is 1.86. The second-order valence-corrected chi connectivity index (χ2v) is 2.91. The van der Waals surface area contributed by atoms with Crippen molar-refractivity contribution < 1.29 is 17.2 Å². The molecule has 0 aliphatic heterocycles. The first kappa shape index (κ1) is 9.61. The minimum atomic E-state index is -4.29. The Kier molecular flexibility index (Phi) is 3.55. The molecule has 0 aromatic rings. The summed E-state index contributed by atoms with van der Waals surface area (Å²) in [5.74, 6) is 0. The smallest absolute Gasteiger partial charge is 0.264 e. The van der Waals surface area contributed by atoms with Gasteiger partial charge in [-0.15, -0.1) is 6.58 Å². The van der Waals surface area contributed by atoms with E-state index in [1.165, 1.54) is 13.0 Å². The van der Waals surface area contributed by atoms with Crippen molar-refractivity contribution in [3.05, 3.63) is 12.7 Å². The van der Waals surface area contributed by atoms with Crippen LogP contribution in [0.1, 0.15) is 13.3 Å². The third kappa shape index (κ3) is 5.74. The largest absolute Gasteiger partial charge is 0.397 e. The van der Waals surface area contributed by atoms with E-state index in [9.17, 15) is 8.42 Å². The van der Waals surface area contributed by atoms with Crippen LogP contribution in [-0.2, 0) is 14.6 Å². The summed E-state index contributed by atoms with van der Waals surface area (Å²) in [6, 6.07) is 0. The van der Waals surface area contributed by atoms with E-state index in [0.29, 0.717) is 6.42 Å². The van der Waals surface area contributed by atoms with Crippen molar-refractivity contribution in [1.82, 2.24) is 0 Å². The van der Waals surface area contributed by atoms with Crippen molar-refractivity contribution in [3.63, 3.8) is 0 Å². The fraction of sp³-hybridized carbons (Fsp3) is 0.600. The Hall–Kier alpha value is -0.390. The molecule has 0 bridgehead atoms. The van der Waals surface area contributed by atoms with E-state index in [2.05, 4.69) is 10.8 Å². The molecule has 0 saturated carbocycles. The van der Waals surface area contributed by atoms with Gasteiger partial charge in [0.2, 0.25) is 0 Å². The first-order chi connectivity index (χ1) is 4.45. The fourth-order valence-corrected chi connectivity index (χ4v) is 0.975. The van der Waals surface area contributed by atoms with Gasteiger partial charge in [0.1, 0.15) is 0 Å². The van der Waals surface area contributed by atoms with Gasteiger partial charge in [-0.2, -0.15) is 8.42 Å². The molecule has 0 aromatic heterocycles. The molecule has 1 atom stereocenters. The number of hydrogen-bond donors (Lipinski definition) is 1. The standard InChI is InChI=1S/C5H10O4S/c1-3-4-5(2)9-10(6,7)8/h3,5H,1,4H2,2H3,(H,6,7,8). The summed E-state index contributed by atoms with van der Waals surface area (Å²) in [4.78, 5) is 0. The lowest BCUT2D eigenvalue weighted by molar-refractivity contribution is 0.200. The molecule has 60 valence electrons. The van der Waals surface area contributed by atoms with Crippen molar-refractivity contribution in [2.24, 2.45) is 0 Å². The number of rotatable bonds is 4. The van der Waals surface area contributed by atoms with Crippen LogP contribution in [0.4, 0.5) is 0 Å². The van der Waals surface area contributed by atoms with Crippen molar-refractivity contribution in [1.29, 1.82) is 0 Å². The van der Waals surface area contributed by atoms with Crippen LogP contribution in [0.3, 0.4) is 0 Å². The molecule has 0 aromatic carbocycles. The van der Waals surface area contributed by atoms with Crippen molar-refractivity contribution in [2.75, 3.05) is 0 Å². The Labute approximate surface area is 60.5 Å². The first-order valence-electron chi connectivity index (χ1n) is 2.72. The molecule has 0 saturated heterocycles. The molecule has 1 unspecified atom stereocenters. The zero-order valence-corrected chi connectivity index (χ0v) is 6.47. The van der Waals surface area contributed by atoms with Crippen LogP contribution in [0, 0.1) is 0 Å². The Bertz CT molecular complexity index is 194. The van der Waals surface area contributed by atoms with E-state index in [4.69, 9.17) is 4.55 Å². The molecule has 4 nitrogen and oxygen atoms in total. The maximum Gasteiger partial charge on any atom is 0.397 e. The van der Waals surface area contributed by atoms with Gasteiger partial charge in [-0.25, -0.2) is 4.18 Å². The van der Waals surface area contributed by atoms with Crippen LogP contribution in [0.2, 0.25) is 0 Å². The molecular formula is C5H10O4S. The Balaban J connectivity index is 3.80. The van der Waals surface area contributed by atoms with Crippen LogP contribution >= 0.6 is 0 Å². The molecule has 0 aliphatic rings. The Morgan fingerprint density at radius 1 is 1.80 bits per heavy atom. The highest BCUT2D eigenvalue weighted by Gasteiger charge is 2.09. The molecule has 0 radical (unpaired) electrons. The highest BCUT2D eigenvalue weighted by molar-refractivity contribution is 7.80. The van der Waals surface area contributed by atoms with Gasteiger partial charge in [-0.05, 0) is 13.3 Å². The summed E-state index contributed by atoms with van der Waals surface area (Å²) in [6.07, 6.45) is 1.35. The highest BCUT2D eigenvalue weighted by atomic mass is 32.3. The molecular weight excluding hydrogens is 156 g/mol. The molecule has 10 heavy (non-hydrogen) atoms. The summed E-state index contributed by atoms with van der Waals surface area (Å²) in [5, 5.41) is 0. The minimum Gasteiger partial charge on any atom is -0.264 e. The van der Waals surface area contributed by atoms with Crippen LogP contribution in [0.15, 0.2) is 12.7 Å². The average Bonchev–Trinajstić information content (AvgIpc) is 1.59. The molecule has 1 N–H and O–H groups in total. The third-order valence-corrected chi connectivity index (χ3v) is 1.36. The predicted octanol–water partition coefficient (Wildman–Crippen LogP) is 0.770. The molecule has 0 amide bonds. The average molecular weight is 166 g/mol. The van der Waals surface area contributed by atoms with Gasteiger partial charge in [0, 0.05) is 0 Å². The van der Waals surface area contributed by atoms with E-state index in [1.807, 2.05) is 0 Å². The third-order valence-electron chi connectivity index (χ3n) is 0.784. The minimum absolute atomic E-state index is 0.389. The van der Waals surface area contributed by atoms with Crippen molar-refractivity contribution >= 4 is 10.4 Å². The fourth-order valence-electron chi connectivity index (χ4n) is 0.482. The summed E-state index contributed by atoms with van der Waals surface area (Å²) in [7, 11) is -4.29. The molecule has 0 fully saturated rings. The van der Waals surface area contributed by atoms with E-state index in [0.717, 1.165) is 0 Å². The maximum absolute atomic E-state index is 10.0. The summed E-state index contributed by atoms with van der Waals surface area (Å²) in [5.41, 5.74) is 0. The zero-order chi connectivity index (χ0) is 8.20. The predicted molar refractivity (Wildman–Crippen MR) is 36.9 cm³/mol. The maximum atomic E-state index is 10.0. The van der Waals surface area contributed by atoms with Crippen molar-refractivity contribution in [3.8, 4) is 0 Å². The lowest BCUT2D eigenvalue weighted by atomic mass is 10.3. The van der Waals surface area contributed by atoms with E-state index >= 15 is 0 Å². The molecule has 0 rings (SSSR count). The lowest BCUT2D eigenvalue weighted by Crippen LogP contribution is -2.13. The van der Waals surface area contributed by atoms with Gasteiger partial charge < -0.3 is 0 Å². The van der Waals surface area contributed by atoms with E-state index in [1.54, 1.807) is 0 Å². The normalized spacial score (nSPS) is 14.6. The van der Waals surface area contributed by atoms with E-state index < -0.39 is 16.5 Å². The van der Waals surface area contributed by atoms with E-state index in [-0.39, 0.29) is 0 Å². The summed E-state index contributed by atoms with van der Waals surface area (Å²) < 4.78 is 32.3. The van der Waals surface area contributed by atoms with Gasteiger partial charge in [0.15, 0.2) is 0 Å². The lowest BCUT2D eigenvalue weighted by Gasteiger charge is -2.05. The molecule has 5 heteroatoms. The van der Waals surface area contributed by atoms with Gasteiger partial charge in [0.05, 0.1) is 6.10 Å². The van der Waals surface area contributed by atoms with Gasteiger partial charge in [-0.3, -0.25) is 4.55 Å². The van der Waals surface area contributed by atoms with Crippen LogP contribution < -0.4 is 0 Å². The quantitative estimate of drug-likeness (QED) is 0.495. The topological polar surface area (TPSA) is 63.6 Å². The van der Waals surface area contributed by atoms with Gasteiger partial charge >= 0.3 is 10.4 Å². The van der Waals surface area contributed by atoms with Gasteiger partial charge in [0.25, 0.3) is 0 Å². The van der Waals surface area contributed by atoms with Crippen LogP contribution in [0.25, 0.3) is 0 Å². The second kappa shape index (κ2) is 3.70. The zero-order valence-electron chi connectivity index (χ0n) is 5.65. The number of hydrogen-bond acceptors (Lipinski definition) is 3. The van der Waals surface area contributed by atoms with Crippen LogP contribution in [-0.4, -0.2) is 19.1 Å². The molecule has 0 aliphatic carbocycles. The van der Waals surface area contributed by atoms with Gasteiger partial charge in [-0.1, -0.05) is 6.08 Å². The monoisotopic (exact) mass is 166 g/mol. The molecule has 0 heterocycles. The SMILES string of the molecule is C=CCC(C)OS(=O)(=O)O. The molecule has 0 spiro atoms. The van der Waals surface area contributed by atoms with Crippen molar-refractivity contribution in [2.45, 2.75) is 19.4 Å². The first-order valence-corrected chi connectivity index (χ1v) is 4.09. The summed E-state index contributed by atoms with van der Waals surface area (Å²) >= 11 is 0. The Morgan fingerprint density at radius 3 is 2.60 bits per heavy atom. The Morgan fingerprint density at radius 2 is 2.30 bits per heavy atom. The highest BCUT2D eigenvalue weighted by Crippen LogP contribution is 2.00. The van der Waals surface area contributed by atoms with Crippen LogP contribution in [0.5, 0.6) is 0 Å².